The van der Waals surface area contributed by atoms with E-state index in [1.807, 2.05) is 23.1 Å². The van der Waals surface area contributed by atoms with Crippen LogP contribution in [0.3, 0.4) is 0 Å². The average Bonchev–Trinajstić information content (AvgIpc) is 3.11. The first kappa shape index (κ1) is 13.1. The van der Waals surface area contributed by atoms with E-state index in [4.69, 9.17) is 0 Å². The Kier molecular flexibility index (Phi) is 3.92. The molecule has 1 aliphatic heterocycles. The van der Waals surface area contributed by atoms with Crippen molar-refractivity contribution >= 4 is 22.5 Å². The van der Waals surface area contributed by atoms with Gasteiger partial charge in [-0.15, -0.1) is 10.2 Å². The van der Waals surface area contributed by atoms with Crippen molar-refractivity contribution < 1.29 is 4.79 Å². The van der Waals surface area contributed by atoms with Crippen LogP contribution in [-0.2, 0) is 6.42 Å². The van der Waals surface area contributed by atoms with Gasteiger partial charge in [-0.25, -0.2) is 4.79 Å². The zero-order chi connectivity index (χ0) is 13.8. The number of hydrogen-bond donors (Lipinski definition) is 1. The molecule has 2 heterocycles. The van der Waals surface area contributed by atoms with Gasteiger partial charge in [0.05, 0.1) is 0 Å². The van der Waals surface area contributed by atoms with E-state index < -0.39 is 0 Å². The minimum atomic E-state index is -0.0693. The first-order valence-corrected chi connectivity index (χ1v) is 7.58. The number of rotatable bonds is 3. The highest BCUT2D eigenvalue weighted by atomic mass is 32.1. The zero-order valence-electron chi connectivity index (χ0n) is 11.0. The molecule has 104 valence electrons. The standard InChI is InChI=1S/C14H16N4OS/c19-14(16-13-17-15-10-20-13)18-8-4-7-12(18)9-11-5-2-1-3-6-11/h1-3,5-6,10,12H,4,7-9H2,(H,16,17,19)/t12-/m0/s1. The zero-order valence-corrected chi connectivity index (χ0v) is 11.8. The van der Waals surface area contributed by atoms with Crippen molar-refractivity contribution in [2.45, 2.75) is 25.3 Å². The van der Waals surface area contributed by atoms with Crippen LogP contribution in [0.5, 0.6) is 0 Å². The normalized spacial score (nSPS) is 18.2. The van der Waals surface area contributed by atoms with E-state index in [-0.39, 0.29) is 12.1 Å². The summed E-state index contributed by atoms with van der Waals surface area (Å²) in [5.41, 5.74) is 2.88. The molecule has 1 fully saturated rings. The summed E-state index contributed by atoms with van der Waals surface area (Å²) in [7, 11) is 0. The van der Waals surface area contributed by atoms with Crippen LogP contribution in [0.1, 0.15) is 18.4 Å². The molecule has 1 aliphatic rings. The molecular weight excluding hydrogens is 272 g/mol. The van der Waals surface area contributed by atoms with Gasteiger partial charge in [-0.1, -0.05) is 41.7 Å². The van der Waals surface area contributed by atoms with Gasteiger partial charge >= 0.3 is 6.03 Å². The Morgan fingerprint density at radius 1 is 1.40 bits per heavy atom. The van der Waals surface area contributed by atoms with E-state index in [2.05, 4.69) is 27.6 Å². The number of nitrogens with one attached hydrogen (secondary N) is 1. The number of hydrogen-bond acceptors (Lipinski definition) is 4. The van der Waals surface area contributed by atoms with E-state index in [1.54, 1.807) is 5.51 Å². The number of aromatic nitrogens is 2. The molecule has 6 heteroatoms. The van der Waals surface area contributed by atoms with E-state index in [0.29, 0.717) is 5.13 Å². The van der Waals surface area contributed by atoms with Crippen molar-refractivity contribution in [3.63, 3.8) is 0 Å². The third kappa shape index (κ3) is 2.96. The van der Waals surface area contributed by atoms with E-state index in [0.717, 1.165) is 25.8 Å². The molecule has 1 N–H and O–H groups in total. The van der Waals surface area contributed by atoms with Gasteiger partial charge in [0.25, 0.3) is 0 Å². The smallest absolute Gasteiger partial charge is 0.321 e. The lowest BCUT2D eigenvalue weighted by molar-refractivity contribution is 0.206. The summed E-state index contributed by atoms with van der Waals surface area (Å²) in [5, 5.41) is 10.9. The van der Waals surface area contributed by atoms with Gasteiger partial charge in [-0.3, -0.25) is 5.32 Å². The quantitative estimate of drug-likeness (QED) is 0.944. The highest BCUT2D eigenvalue weighted by Crippen LogP contribution is 2.22. The third-order valence-electron chi connectivity index (χ3n) is 3.53. The number of carbonyl (C=O) groups is 1. The summed E-state index contributed by atoms with van der Waals surface area (Å²) in [5.74, 6) is 0. The second-order valence-electron chi connectivity index (χ2n) is 4.85. The third-order valence-corrected chi connectivity index (χ3v) is 4.13. The van der Waals surface area contributed by atoms with Crippen LogP contribution in [-0.4, -0.2) is 33.7 Å². The summed E-state index contributed by atoms with van der Waals surface area (Å²) in [6.07, 6.45) is 3.02. The van der Waals surface area contributed by atoms with Gasteiger partial charge in [0, 0.05) is 12.6 Å². The fourth-order valence-corrected chi connectivity index (χ4v) is 3.03. The van der Waals surface area contributed by atoms with Crippen LogP contribution in [0.15, 0.2) is 35.8 Å². The number of urea groups is 1. The van der Waals surface area contributed by atoms with Crippen LogP contribution in [0.25, 0.3) is 0 Å². The van der Waals surface area contributed by atoms with E-state index in [1.165, 1.54) is 16.9 Å². The van der Waals surface area contributed by atoms with Gasteiger partial charge in [0.2, 0.25) is 5.13 Å². The number of benzene rings is 1. The van der Waals surface area contributed by atoms with Gasteiger partial charge in [0.15, 0.2) is 0 Å². The van der Waals surface area contributed by atoms with Crippen LogP contribution in [0.4, 0.5) is 9.93 Å². The molecule has 5 nitrogen and oxygen atoms in total. The maximum absolute atomic E-state index is 12.3. The molecular formula is C14H16N4OS. The second kappa shape index (κ2) is 6.00. The topological polar surface area (TPSA) is 58.1 Å². The molecule has 1 aromatic carbocycles. The Labute approximate surface area is 121 Å². The second-order valence-corrected chi connectivity index (χ2v) is 5.69. The van der Waals surface area contributed by atoms with Crippen molar-refractivity contribution in [3.05, 3.63) is 41.4 Å². The predicted octanol–water partition coefficient (Wildman–Crippen LogP) is 2.78. The maximum atomic E-state index is 12.3. The molecule has 1 aromatic heterocycles. The van der Waals surface area contributed by atoms with Crippen molar-refractivity contribution in [1.29, 1.82) is 0 Å². The van der Waals surface area contributed by atoms with Crippen LogP contribution < -0.4 is 5.32 Å². The van der Waals surface area contributed by atoms with Crippen LogP contribution in [0.2, 0.25) is 0 Å². The number of carbonyl (C=O) groups excluding carboxylic acids is 1. The minimum Gasteiger partial charge on any atom is -0.321 e. The van der Waals surface area contributed by atoms with E-state index in [9.17, 15) is 4.79 Å². The number of nitrogens with zero attached hydrogens (tertiary/aromatic N) is 3. The molecule has 2 aromatic rings. The fraction of sp³-hybridized carbons (Fsp3) is 0.357. The fourth-order valence-electron chi connectivity index (χ4n) is 2.59. The van der Waals surface area contributed by atoms with Gasteiger partial charge in [-0.2, -0.15) is 0 Å². The molecule has 1 atom stereocenters. The highest BCUT2D eigenvalue weighted by molar-refractivity contribution is 7.13. The molecule has 0 aliphatic carbocycles. The minimum absolute atomic E-state index is 0.0693. The van der Waals surface area contributed by atoms with Gasteiger partial charge in [-0.05, 0) is 24.8 Å². The van der Waals surface area contributed by atoms with E-state index >= 15 is 0 Å². The van der Waals surface area contributed by atoms with Crippen molar-refractivity contribution in [2.24, 2.45) is 0 Å². The Morgan fingerprint density at radius 2 is 2.25 bits per heavy atom. The molecule has 3 rings (SSSR count). The number of anilines is 1. The molecule has 1 saturated heterocycles. The Balaban J connectivity index is 1.64. The number of likely N-dealkylation sites (tertiary alicyclic amines) is 1. The summed E-state index contributed by atoms with van der Waals surface area (Å²) in [6, 6.07) is 10.5. The van der Waals surface area contributed by atoms with Gasteiger partial charge < -0.3 is 4.90 Å². The van der Waals surface area contributed by atoms with Crippen LogP contribution >= 0.6 is 11.3 Å². The lowest BCUT2D eigenvalue weighted by Crippen LogP contribution is -2.39. The largest absolute Gasteiger partial charge is 0.323 e. The Morgan fingerprint density at radius 3 is 3.00 bits per heavy atom. The van der Waals surface area contributed by atoms with Crippen molar-refractivity contribution in [2.75, 3.05) is 11.9 Å². The maximum Gasteiger partial charge on any atom is 0.323 e. The summed E-state index contributed by atoms with van der Waals surface area (Å²) >= 11 is 1.33. The summed E-state index contributed by atoms with van der Waals surface area (Å²) in [6.45, 7) is 0.808. The Hall–Kier alpha value is -1.95. The van der Waals surface area contributed by atoms with Crippen molar-refractivity contribution in [3.8, 4) is 0 Å². The van der Waals surface area contributed by atoms with Crippen LogP contribution in [0, 0.1) is 0 Å². The molecule has 0 bridgehead atoms. The molecule has 20 heavy (non-hydrogen) atoms. The average molecular weight is 288 g/mol. The molecule has 0 unspecified atom stereocenters. The first-order valence-electron chi connectivity index (χ1n) is 6.70. The summed E-state index contributed by atoms with van der Waals surface area (Å²) < 4.78 is 0. The number of amides is 2. The highest BCUT2D eigenvalue weighted by Gasteiger charge is 2.29. The lowest BCUT2D eigenvalue weighted by Gasteiger charge is -2.24. The molecule has 2 amide bonds. The van der Waals surface area contributed by atoms with Crippen molar-refractivity contribution in [1.82, 2.24) is 15.1 Å². The lowest BCUT2D eigenvalue weighted by atomic mass is 10.0. The monoisotopic (exact) mass is 288 g/mol. The summed E-state index contributed by atoms with van der Waals surface area (Å²) in [4.78, 5) is 14.2. The SMILES string of the molecule is O=C(Nc1nncs1)N1CCC[C@H]1Cc1ccccc1. The Bertz CT molecular complexity index is 558. The van der Waals surface area contributed by atoms with Gasteiger partial charge in [0.1, 0.15) is 5.51 Å². The molecule has 0 saturated carbocycles. The predicted molar refractivity (Wildman–Crippen MR) is 78.8 cm³/mol. The first-order chi connectivity index (χ1) is 9.83. The molecule has 0 spiro atoms. The molecule has 0 radical (unpaired) electrons.